The fourth-order valence-corrected chi connectivity index (χ4v) is 3.80. The van der Waals surface area contributed by atoms with Crippen molar-refractivity contribution in [1.82, 2.24) is 9.55 Å². The topological polar surface area (TPSA) is 84.2 Å². The van der Waals surface area contributed by atoms with E-state index in [0.717, 1.165) is 23.9 Å². The van der Waals surface area contributed by atoms with Crippen LogP contribution >= 0.6 is 23.4 Å². The minimum absolute atomic E-state index is 0.00968. The number of amides is 1. The Labute approximate surface area is 179 Å². The van der Waals surface area contributed by atoms with E-state index in [4.69, 9.17) is 11.6 Å². The summed E-state index contributed by atoms with van der Waals surface area (Å²) in [5.74, 6) is -2.58. The van der Waals surface area contributed by atoms with E-state index in [9.17, 15) is 23.5 Å². The lowest BCUT2D eigenvalue weighted by atomic mass is 10.2. The average molecular weight is 454 g/mol. The summed E-state index contributed by atoms with van der Waals surface area (Å²) in [7, 11) is 0. The number of thioether (sulfide) groups is 1. The number of hydrogen-bond acceptors (Lipinski definition) is 5. The molecule has 0 radical (unpaired) electrons. The molecule has 0 unspecified atom stereocenters. The first-order valence-corrected chi connectivity index (χ1v) is 10.2. The number of halogens is 3. The van der Waals surface area contributed by atoms with Gasteiger partial charge in [-0.05, 0) is 44.2 Å². The highest BCUT2D eigenvalue weighted by molar-refractivity contribution is 8.00. The Balaban J connectivity index is 1.91. The molecule has 2 aromatic carbocycles. The van der Waals surface area contributed by atoms with Gasteiger partial charge >= 0.3 is 0 Å². The van der Waals surface area contributed by atoms with E-state index in [1.54, 1.807) is 25.1 Å². The van der Waals surface area contributed by atoms with Crippen LogP contribution < -0.4 is 10.9 Å². The lowest BCUT2D eigenvalue weighted by Crippen LogP contribution is -2.29. The first kappa shape index (κ1) is 22.2. The number of carbonyl (C=O) groups is 1. The van der Waals surface area contributed by atoms with E-state index >= 15 is 0 Å². The van der Waals surface area contributed by atoms with Gasteiger partial charge in [-0.3, -0.25) is 14.2 Å². The molecule has 0 aliphatic carbocycles. The largest absolute Gasteiger partial charge is 0.392 e. The number of benzene rings is 2. The van der Waals surface area contributed by atoms with E-state index in [1.165, 1.54) is 17.6 Å². The zero-order valence-corrected chi connectivity index (χ0v) is 17.6. The first-order chi connectivity index (χ1) is 14.2. The van der Waals surface area contributed by atoms with Gasteiger partial charge in [0, 0.05) is 16.8 Å². The highest BCUT2D eigenvalue weighted by atomic mass is 35.5. The minimum Gasteiger partial charge on any atom is -0.392 e. The number of rotatable bonds is 6. The molecular formula is C20H18ClF2N3O3S. The van der Waals surface area contributed by atoms with Crippen molar-refractivity contribution >= 4 is 45.9 Å². The fourth-order valence-electron chi connectivity index (χ4n) is 2.72. The monoisotopic (exact) mass is 453 g/mol. The Bertz CT molecular complexity index is 1170. The van der Waals surface area contributed by atoms with Gasteiger partial charge in [0.1, 0.15) is 0 Å². The molecule has 0 bridgehead atoms. The molecule has 1 heterocycles. The van der Waals surface area contributed by atoms with Crippen molar-refractivity contribution < 1.29 is 18.7 Å². The molecule has 6 nitrogen and oxygen atoms in total. The van der Waals surface area contributed by atoms with Gasteiger partial charge in [0.05, 0.1) is 28.8 Å². The number of carbonyl (C=O) groups excluding carboxylic acids is 1. The maximum absolute atomic E-state index is 13.4. The minimum atomic E-state index is -1.08. The van der Waals surface area contributed by atoms with Crippen molar-refractivity contribution in [1.29, 1.82) is 0 Å². The third-order valence-corrected chi connectivity index (χ3v) is 5.49. The maximum Gasteiger partial charge on any atom is 0.262 e. The van der Waals surface area contributed by atoms with E-state index in [-0.39, 0.29) is 22.9 Å². The summed E-state index contributed by atoms with van der Waals surface area (Å²) >= 11 is 7.00. The molecule has 3 rings (SSSR count). The van der Waals surface area contributed by atoms with Crippen LogP contribution in [0.4, 0.5) is 14.5 Å². The standard InChI is InChI=1S/C20H18ClF2N3O3S/c1-10(27)9-26-19(29)14-5-3-12(21)7-17(14)25-20(26)30-11(2)18(28)24-13-4-6-15(22)16(23)8-13/h3-8,10-11,27H,9H2,1-2H3,(H,24,28)/t10-,11-/m1/s1. The van der Waals surface area contributed by atoms with Crippen LogP contribution in [0.3, 0.4) is 0 Å². The summed E-state index contributed by atoms with van der Waals surface area (Å²) < 4.78 is 27.7. The van der Waals surface area contributed by atoms with Gasteiger partial charge < -0.3 is 10.4 Å². The molecule has 0 aliphatic heterocycles. The van der Waals surface area contributed by atoms with Gasteiger partial charge in [-0.1, -0.05) is 23.4 Å². The molecule has 10 heteroatoms. The van der Waals surface area contributed by atoms with Crippen LogP contribution in [0.1, 0.15) is 13.8 Å². The summed E-state index contributed by atoms with van der Waals surface area (Å²) in [6.07, 6.45) is -0.820. The highest BCUT2D eigenvalue weighted by Crippen LogP contribution is 2.25. The summed E-state index contributed by atoms with van der Waals surface area (Å²) in [6, 6.07) is 7.71. The number of hydrogen-bond donors (Lipinski definition) is 2. The van der Waals surface area contributed by atoms with Gasteiger partial charge in [-0.15, -0.1) is 0 Å². The van der Waals surface area contributed by atoms with Crippen LogP contribution in [0.25, 0.3) is 10.9 Å². The lowest BCUT2D eigenvalue weighted by Gasteiger charge is -2.17. The molecule has 0 fully saturated rings. The Morgan fingerprint density at radius 2 is 1.97 bits per heavy atom. The highest BCUT2D eigenvalue weighted by Gasteiger charge is 2.21. The summed E-state index contributed by atoms with van der Waals surface area (Å²) in [5, 5.41) is 12.5. The van der Waals surface area contributed by atoms with Gasteiger partial charge in [0.25, 0.3) is 5.56 Å². The van der Waals surface area contributed by atoms with Crippen molar-refractivity contribution in [2.75, 3.05) is 5.32 Å². The second-order valence-electron chi connectivity index (χ2n) is 6.70. The number of aliphatic hydroxyl groups is 1. The van der Waals surface area contributed by atoms with E-state index in [0.29, 0.717) is 15.9 Å². The van der Waals surface area contributed by atoms with Gasteiger partial charge in [0.15, 0.2) is 16.8 Å². The van der Waals surface area contributed by atoms with Crippen molar-refractivity contribution in [2.24, 2.45) is 0 Å². The molecular weight excluding hydrogens is 436 g/mol. The van der Waals surface area contributed by atoms with Gasteiger partial charge in [-0.2, -0.15) is 0 Å². The van der Waals surface area contributed by atoms with E-state index in [1.807, 2.05) is 0 Å². The average Bonchev–Trinajstić information content (AvgIpc) is 2.67. The molecule has 2 atom stereocenters. The van der Waals surface area contributed by atoms with Crippen LogP contribution in [0, 0.1) is 11.6 Å². The second kappa shape index (κ2) is 9.11. The van der Waals surface area contributed by atoms with Crippen molar-refractivity contribution in [3.05, 3.63) is 63.4 Å². The number of nitrogens with one attached hydrogen (secondary N) is 1. The number of fused-ring (bicyclic) bond motifs is 1. The third kappa shape index (κ3) is 4.97. The quantitative estimate of drug-likeness (QED) is 0.438. The second-order valence-corrected chi connectivity index (χ2v) is 8.44. The molecule has 1 aromatic heterocycles. The normalized spacial score (nSPS) is 13.3. The molecule has 3 aromatic rings. The van der Waals surface area contributed by atoms with Crippen LogP contribution in [-0.2, 0) is 11.3 Å². The molecule has 1 amide bonds. The lowest BCUT2D eigenvalue weighted by molar-refractivity contribution is -0.115. The Morgan fingerprint density at radius 1 is 1.23 bits per heavy atom. The van der Waals surface area contributed by atoms with Crippen molar-refractivity contribution in [2.45, 2.75) is 36.9 Å². The zero-order valence-electron chi connectivity index (χ0n) is 16.0. The predicted octanol–water partition coefficient (Wildman–Crippen LogP) is 3.83. The third-order valence-electron chi connectivity index (χ3n) is 4.17. The summed E-state index contributed by atoms with van der Waals surface area (Å²) in [6.45, 7) is 3.11. The Kier molecular flexibility index (Phi) is 6.74. The van der Waals surface area contributed by atoms with Gasteiger partial charge in [-0.25, -0.2) is 13.8 Å². The van der Waals surface area contributed by atoms with Crippen LogP contribution in [0.2, 0.25) is 5.02 Å². The van der Waals surface area contributed by atoms with Crippen molar-refractivity contribution in [3.63, 3.8) is 0 Å². The Morgan fingerprint density at radius 3 is 2.63 bits per heavy atom. The molecule has 0 aliphatic rings. The number of aliphatic hydroxyl groups excluding tert-OH is 1. The van der Waals surface area contributed by atoms with Gasteiger partial charge in [0.2, 0.25) is 5.91 Å². The molecule has 30 heavy (non-hydrogen) atoms. The summed E-state index contributed by atoms with van der Waals surface area (Å²) in [4.78, 5) is 29.8. The molecule has 2 N–H and O–H groups in total. The fraction of sp³-hybridized carbons (Fsp3) is 0.250. The smallest absolute Gasteiger partial charge is 0.262 e. The molecule has 0 saturated heterocycles. The Hall–Kier alpha value is -2.49. The van der Waals surface area contributed by atoms with Crippen LogP contribution in [0.5, 0.6) is 0 Å². The zero-order chi connectivity index (χ0) is 22.0. The number of aromatic nitrogens is 2. The molecule has 158 valence electrons. The predicted molar refractivity (Wildman–Crippen MR) is 113 cm³/mol. The molecule has 0 spiro atoms. The first-order valence-electron chi connectivity index (χ1n) is 8.96. The SMILES string of the molecule is C[C@@H](O)Cn1c(S[C@H](C)C(=O)Nc2ccc(F)c(F)c2)nc2cc(Cl)ccc2c1=O. The van der Waals surface area contributed by atoms with Crippen LogP contribution in [-0.4, -0.2) is 31.9 Å². The van der Waals surface area contributed by atoms with Crippen LogP contribution in [0.15, 0.2) is 46.3 Å². The molecule has 0 saturated carbocycles. The number of nitrogens with zero attached hydrogens (tertiary/aromatic N) is 2. The van der Waals surface area contributed by atoms with E-state index in [2.05, 4.69) is 10.3 Å². The maximum atomic E-state index is 13.4. The number of anilines is 1. The van der Waals surface area contributed by atoms with Crippen molar-refractivity contribution in [3.8, 4) is 0 Å². The summed E-state index contributed by atoms with van der Waals surface area (Å²) in [5.41, 5.74) is 0.101. The van der Waals surface area contributed by atoms with E-state index < -0.39 is 28.9 Å².